The van der Waals surface area contributed by atoms with Crippen LogP contribution in [-0.4, -0.2) is 82.3 Å². The summed E-state index contributed by atoms with van der Waals surface area (Å²) in [5.41, 5.74) is 10.6. The molecule has 0 saturated heterocycles. The molecule has 0 aliphatic heterocycles. The van der Waals surface area contributed by atoms with Crippen molar-refractivity contribution >= 4 is 65.1 Å². The van der Waals surface area contributed by atoms with Gasteiger partial charge in [0.2, 0.25) is 0 Å². The molecule has 0 radical (unpaired) electrons. The van der Waals surface area contributed by atoms with E-state index in [1.54, 1.807) is 6.92 Å². The summed E-state index contributed by atoms with van der Waals surface area (Å²) in [6.45, 7) is 1.69. The van der Waals surface area contributed by atoms with Gasteiger partial charge in [-0.1, -0.05) is 0 Å². The maximum atomic E-state index is 9.98. The third-order valence-electron chi connectivity index (χ3n) is 1.09. The number of aliphatic carboxylic acids is 1. The molecule has 4 nitrogen and oxygen atoms in total. The molecule has 0 amide bonds. The molecular weight excluding hydrogens is 166 g/mol. The van der Waals surface area contributed by atoms with Crippen molar-refractivity contribution in [2.24, 2.45) is 11.5 Å². The average Bonchev–Trinajstić information content (AvgIpc) is 1.63. The first kappa shape index (κ1) is 18.2. The molecule has 6 heteroatoms. The number of rotatable bonds is 3. The van der Waals surface area contributed by atoms with Crippen LogP contribution in [0.3, 0.4) is 0 Å². The molecule has 0 fully saturated rings. The van der Waals surface area contributed by atoms with Crippen LogP contribution in [0.1, 0.15) is 13.3 Å². The van der Waals surface area contributed by atoms with E-state index in [1.165, 1.54) is 0 Å². The van der Waals surface area contributed by atoms with Crippen LogP contribution in [0.2, 0.25) is 0 Å². The molecule has 2 atom stereocenters. The number of nitrogens with two attached hydrogens (primary N) is 2. The van der Waals surface area contributed by atoms with Crippen LogP contribution < -0.4 is 11.5 Å². The summed E-state index contributed by atoms with van der Waals surface area (Å²) in [6, 6.07) is -0.677. The summed E-state index contributed by atoms with van der Waals surface area (Å²) in [4.78, 5) is 9.98. The fourth-order valence-electron chi connectivity index (χ4n) is 0.388. The van der Waals surface area contributed by atoms with E-state index in [0.29, 0.717) is 0 Å². The summed E-state index contributed by atoms with van der Waals surface area (Å²) in [5, 5.41) is 8.20. The standard InChI is InChI=1S/C5H12N2O2.2Na.2H/c1-3(6)4(7)2-5(8)9;;;;/h3-4H,2,6-7H2,1H3,(H,8,9);;;;. The number of hydrogen-bond donors (Lipinski definition) is 3. The molecule has 2 unspecified atom stereocenters. The van der Waals surface area contributed by atoms with Crippen molar-refractivity contribution in [1.29, 1.82) is 0 Å². The van der Waals surface area contributed by atoms with Crippen LogP contribution in [-0.2, 0) is 4.79 Å². The third kappa shape index (κ3) is 11.4. The van der Waals surface area contributed by atoms with Gasteiger partial charge in [0.15, 0.2) is 0 Å². The topological polar surface area (TPSA) is 89.3 Å². The van der Waals surface area contributed by atoms with E-state index in [9.17, 15) is 4.79 Å². The van der Waals surface area contributed by atoms with E-state index in [-0.39, 0.29) is 71.6 Å². The van der Waals surface area contributed by atoms with E-state index in [0.717, 1.165) is 0 Å². The molecule has 0 aromatic carbocycles. The van der Waals surface area contributed by atoms with Crippen LogP contribution >= 0.6 is 0 Å². The molecule has 0 aliphatic rings. The van der Waals surface area contributed by atoms with Gasteiger partial charge >= 0.3 is 65.1 Å². The van der Waals surface area contributed by atoms with Crippen molar-refractivity contribution in [1.82, 2.24) is 0 Å². The first-order valence-electron chi connectivity index (χ1n) is 2.77. The van der Waals surface area contributed by atoms with Gasteiger partial charge in [0.1, 0.15) is 0 Å². The SMILES string of the molecule is CC(N)C(N)CC(=O)O.[NaH].[NaH]. The van der Waals surface area contributed by atoms with Gasteiger partial charge in [-0.25, -0.2) is 0 Å². The third-order valence-corrected chi connectivity index (χ3v) is 1.09. The van der Waals surface area contributed by atoms with Crippen molar-refractivity contribution in [3.8, 4) is 0 Å². The van der Waals surface area contributed by atoms with E-state index in [1.807, 2.05) is 0 Å². The predicted octanol–water partition coefficient (Wildman–Crippen LogP) is -2.16. The van der Waals surface area contributed by atoms with Gasteiger partial charge in [-0.15, -0.1) is 0 Å². The van der Waals surface area contributed by atoms with Gasteiger partial charge in [-0.05, 0) is 6.92 Å². The number of hydrogen-bond acceptors (Lipinski definition) is 3. The zero-order valence-corrected chi connectivity index (χ0v) is 5.37. The van der Waals surface area contributed by atoms with E-state index in [4.69, 9.17) is 16.6 Å². The fraction of sp³-hybridized carbons (Fsp3) is 0.800. The summed E-state index contributed by atoms with van der Waals surface area (Å²) in [5.74, 6) is -0.903. The average molecular weight is 180 g/mol. The number of carboxylic acid groups (broad SMARTS) is 1. The van der Waals surface area contributed by atoms with Crippen LogP contribution in [0.15, 0.2) is 0 Å². The summed E-state index contributed by atoms with van der Waals surface area (Å²) in [6.07, 6.45) is -0.0579. The van der Waals surface area contributed by atoms with E-state index >= 15 is 0 Å². The second-order valence-corrected chi connectivity index (χ2v) is 2.12. The second kappa shape index (κ2) is 9.48. The summed E-state index contributed by atoms with van der Waals surface area (Å²) in [7, 11) is 0. The van der Waals surface area contributed by atoms with Crippen molar-refractivity contribution in [2.75, 3.05) is 0 Å². The van der Waals surface area contributed by atoms with Crippen molar-refractivity contribution in [2.45, 2.75) is 25.4 Å². The van der Waals surface area contributed by atoms with Crippen LogP contribution in [0.5, 0.6) is 0 Å². The number of carbonyl (C=O) groups is 1. The van der Waals surface area contributed by atoms with Crippen LogP contribution in [0, 0.1) is 0 Å². The zero-order chi connectivity index (χ0) is 7.44. The Hall–Kier alpha value is 1.39. The molecule has 0 aromatic rings. The molecule has 58 valence electrons. The van der Waals surface area contributed by atoms with Gasteiger partial charge in [-0.3, -0.25) is 4.79 Å². The minimum absolute atomic E-state index is 0. The van der Waals surface area contributed by atoms with Gasteiger partial charge in [0.05, 0.1) is 6.42 Å². The van der Waals surface area contributed by atoms with Gasteiger partial charge in [0, 0.05) is 12.1 Å². The summed E-state index contributed by atoms with van der Waals surface area (Å²) < 4.78 is 0. The zero-order valence-electron chi connectivity index (χ0n) is 5.37. The quantitative estimate of drug-likeness (QED) is 0.431. The second-order valence-electron chi connectivity index (χ2n) is 2.12. The predicted molar refractivity (Wildman–Crippen MR) is 48.2 cm³/mol. The molecule has 11 heavy (non-hydrogen) atoms. The maximum absolute atomic E-state index is 9.98. The molecule has 0 saturated carbocycles. The first-order chi connectivity index (χ1) is 4.04. The summed E-state index contributed by atoms with van der Waals surface area (Å²) >= 11 is 0. The molecular formula is C5H14N2Na2O2. The van der Waals surface area contributed by atoms with Crippen LogP contribution in [0.4, 0.5) is 0 Å². The number of carboxylic acids is 1. The van der Waals surface area contributed by atoms with Crippen molar-refractivity contribution in [3.63, 3.8) is 0 Å². The molecule has 0 spiro atoms. The Morgan fingerprint density at radius 2 is 1.82 bits per heavy atom. The fourth-order valence-corrected chi connectivity index (χ4v) is 0.388. The van der Waals surface area contributed by atoms with Crippen molar-refractivity contribution in [3.05, 3.63) is 0 Å². The molecule has 0 aliphatic carbocycles. The molecule has 0 aromatic heterocycles. The Morgan fingerprint density at radius 3 is 1.91 bits per heavy atom. The Balaban J connectivity index is -0.000000320. The first-order valence-corrected chi connectivity index (χ1v) is 2.77. The van der Waals surface area contributed by atoms with E-state index in [2.05, 4.69) is 0 Å². The molecule has 0 rings (SSSR count). The van der Waals surface area contributed by atoms with Gasteiger partial charge in [0.25, 0.3) is 0 Å². The normalized spacial score (nSPS) is 13.7. The van der Waals surface area contributed by atoms with Crippen LogP contribution in [0.25, 0.3) is 0 Å². The molecule has 5 N–H and O–H groups in total. The van der Waals surface area contributed by atoms with Crippen molar-refractivity contribution < 1.29 is 9.90 Å². The Labute approximate surface area is 111 Å². The Bertz CT molecular complexity index is 111. The monoisotopic (exact) mass is 180 g/mol. The minimum atomic E-state index is -0.903. The molecule has 0 heterocycles. The Kier molecular flexibility index (Phi) is 15.7. The van der Waals surface area contributed by atoms with Gasteiger partial charge in [-0.2, -0.15) is 0 Å². The van der Waals surface area contributed by atoms with E-state index < -0.39 is 12.0 Å². The molecule has 0 bridgehead atoms. The van der Waals surface area contributed by atoms with Gasteiger partial charge < -0.3 is 16.6 Å². The Morgan fingerprint density at radius 1 is 1.45 bits per heavy atom.